The number of hydrogen-bond acceptors (Lipinski definition) is 5. The number of rotatable bonds is 8. The number of anilines is 1. The highest BCUT2D eigenvalue weighted by Gasteiger charge is 2.59. The van der Waals surface area contributed by atoms with Crippen LogP contribution in [0.5, 0.6) is 0 Å². The lowest BCUT2D eigenvalue weighted by atomic mass is 9.80. The van der Waals surface area contributed by atoms with Crippen molar-refractivity contribution in [1.82, 2.24) is 15.1 Å². The zero-order chi connectivity index (χ0) is 27.5. The largest absolute Gasteiger partial charge is 0.447 e. The highest BCUT2D eigenvalue weighted by molar-refractivity contribution is 6.07. The number of nitrogens with one attached hydrogen (secondary N) is 2. The number of amides is 4. The Hall–Kier alpha value is -3.61. The quantitative estimate of drug-likeness (QED) is 0.521. The van der Waals surface area contributed by atoms with E-state index in [-0.39, 0.29) is 43.3 Å². The molecule has 1 aromatic rings. The molecule has 0 radical (unpaired) electrons. The number of alkyl carbamates (subject to hydrolysis) is 1. The molecule has 0 bridgehead atoms. The molecule has 2 aliphatic heterocycles. The van der Waals surface area contributed by atoms with Crippen LogP contribution >= 0.6 is 0 Å². The normalized spacial score (nSPS) is 21.9. The van der Waals surface area contributed by atoms with Gasteiger partial charge in [0.05, 0.1) is 12.5 Å². The van der Waals surface area contributed by atoms with Crippen LogP contribution < -0.4 is 10.6 Å². The van der Waals surface area contributed by atoms with E-state index in [1.54, 1.807) is 27.7 Å². The third-order valence-corrected chi connectivity index (χ3v) is 6.92. The van der Waals surface area contributed by atoms with Gasteiger partial charge in [-0.05, 0) is 51.7 Å². The van der Waals surface area contributed by atoms with Crippen molar-refractivity contribution in [1.29, 1.82) is 0 Å². The first kappa shape index (κ1) is 28.0. The molecule has 0 unspecified atom stereocenters. The predicted molar refractivity (Wildman–Crippen MR) is 138 cm³/mol. The molecule has 1 fully saturated rings. The Morgan fingerprint density at radius 1 is 1.24 bits per heavy atom. The number of likely N-dealkylation sites (tertiary alicyclic amines) is 1. The molecule has 1 aromatic carbocycles. The van der Waals surface area contributed by atoms with Gasteiger partial charge in [-0.3, -0.25) is 24.1 Å². The number of hydrogen-bond donors (Lipinski definition) is 2. The second-order valence-corrected chi connectivity index (χ2v) is 10.5. The van der Waals surface area contributed by atoms with Gasteiger partial charge in [0.1, 0.15) is 17.5 Å². The average Bonchev–Trinajstić information content (AvgIpc) is 3.35. The van der Waals surface area contributed by atoms with Gasteiger partial charge in [0.25, 0.3) is 5.91 Å². The number of carbonyl (C=O) groups excluding carboxylic acids is 4. The molecule has 37 heavy (non-hydrogen) atoms. The summed E-state index contributed by atoms with van der Waals surface area (Å²) in [6.07, 6.45) is -1.31. The fraction of sp³-hybridized carbons (Fsp3) is 0.593. The molecule has 2 N–H and O–H groups in total. The van der Waals surface area contributed by atoms with Crippen molar-refractivity contribution in [3.05, 3.63) is 41.2 Å². The first-order chi connectivity index (χ1) is 17.4. The molecule has 0 aliphatic carbocycles. The third kappa shape index (κ3) is 5.55. The van der Waals surface area contributed by atoms with Gasteiger partial charge in [-0.15, -0.1) is 0 Å². The zero-order valence-electron chi connectivity index (χ0n) is 22.4. The fourth-order valence-electron chi connectivity index (χ4n) is 5.22. The Kier molecular flexibility index (Phi) is 8.46. The molecule has 0 aromatic heterocycles. The number of para-hydroxylation sites is 1. The maximum Gasteiger partial charge on any atom is 0.408 e. The highest BCUT2D eigenvalue weighted by Crippen LogP contribution is 2.47. The molecular weight excluding hydrogens is 474 g/mol. The number of ether oxygens (including phenoxy) is 1. The van der Waals surface area contributed by atoms with Crippen LogP contribution in [0, 0.1) is 12.5 Å². The van der Waals surface area contributed by atoms with E-state index in [0.29, 0.717) is 12.1 Å². The second-order valence-electron chi connectivity index (χ2n) is 10.5. The van der Waals surface area contributed by atoms with E-state index in [1.807, 2.05) is 38.1 Å². The van der Waals surface area contributed by atoms with Crippen molar-refractivity contribution in [3.63, 3.8) is 0 Å². The number of likely N-dealkylation sites (N-methyl/N-ethyl adjacent to an activating group) is 1. The summed E-state index contributed by atoms with van der Waals surface area (Å²) in [6, 6.07) is 5.59. The summed E-state index contributed by atoms with van der Waals surface area (Å²) in [6.45, 7) is 18.8. The van der Waals surface area contributed by atoms with Crippen LogP contribution in [-0.4, -0.2) is 71.1 Å². The Balaban J connectivity index is 1.89. The van der Waals surface area contributed by atoms with E-state index < -0.39 is 35.7 Å². The lowest BCUT2D eigenvalue weighted by molar-refractivity contribution is -0.147. The van der Waals surface area contributed by atoms with E-state index in [1.165, 1.54) is 9.80 Å². The first-order valence-corrected chi connectivity index (χ1v) is 12.8. The van der Waals surface area contributed by atoms with Gasteiger partial charge < -0.3 is 20.3 Å². The molecule has 1 saturated heterocycles. The lowest BCUT2D eigenvalue weighted by Crippen LogP contribution is -2.57. The van der Waals surface area contributed by atoms with Gasteiger partial charge in [-0.1, -0.05) is 32.0 Å². The Morgan fingerprint density at radius 3 is 2.51 bits per heavy atom. The van der Waals surface area contributed by atoms with Crippen molar-refractivity contribution < 1.29 is 23.9 Å². The molecule has 200 valence electrons. The molecule has 0 saturated carbocycles. The third-order valence-electron chi connectivity index (χ3n) is 6.92. The van der Waals surface area contributed by atoms with Crippen LogP contribution in [0.25, 0.3) is 4.85 Å². The molecule has 4 atom stereocenters. The van der Waals surface area contributed by atoms with Crippen LogP contribution in [0.4, 0.5) is 10.5 Å². The summed E-state index contributed by atoms with van der Waals surface area (Å²) < 4.78 is 5.09. The molecule has 10 heteroatoms. The summed E-state index contributed by atoms with van der Waals surface area (Å²) in [5, 5.41) is 5.44. The van der Waals surface area contributed by atoms with Gasteiger partial charge in [-0.2, -0.15) is 0 Å². The maximum absolute atomic E-state index is 14.0. The van der Waals surface area contributed by atoms with Gasteiger partial charge in [0.15, 0.2) is 0 Å². The number of fused-ring (bicyclic) bond motifs is 2. The van der Waals surface area contributed by atoms with Crippen LogP contribution in [0.3, 0.4) is 0 Å². The van der Waals surface area contributed by atoms with E-state index in [4.69, 9.17) is 11.3 Å². The SMILES string of the molecule is [C-]#[N+][C@@H]1C[C@@]2(CN1C(=O)[C@H](CC(C)C)N(CC)C(=O)[C@H](C)NC(=O)OC(C)C)C(=O)Nc1ccccc12. The average molecular weight is 512 g/mol. The molecule has 10 nitrogen and oxygen atoms in total. The molecule has 1 spiro atoms. The van der Waals surface area contributed by atoms with E-state index in [0.717, 1.165) is 5.56 Å². The summed E-state index contributed by atoms with van der Waals surface area (Å²) in [5.41, 5.74) is 0.484. The minimum atomic E-state index is -1.000. The fourth-order valence-corrected chi connectivity index (χ4v) is 5.22. The van der Waals surface area contributed by atoms with Gasteiger partial charge in [-0.25, -0.2) is 11.4 Å². The number of nitrogens with zero attached hydrogens (tertiary/aromatic N) is 3. The van der Waals surface area contributed by atoms with Crippen molar-refractivity contribution in [3.8, 4) is 0 Å². The van der Waals surface area contributed by atoms with Crippen molar-refractivity contribution in [2.45, 2.75) is 84.2 Å². The first-order valence-electron chi connectivity index (χ1n) is 12.8. The molecule has 3 rings (SSSR count). The van der Waals surface area contributed by atoms with E-state index in [9.17, 15) is 19.2 Å². The van der Waals surface area contributed by atoms with Crippen molar-refractivity contribution in [2.75, 3.05) is 18.4 Å². The Bertz CT molecular complexity index is 1100. The lowest BCUT2D eigenvalue weighted by Gasteiger charge is -2.35. The van der Waals surface area contributed by atoms with Gasteiger partial charge in [0, 0.05) is 18.8 Å². The highest BCUT2D eigenvalue weighted by atomic mass is 16.6. The van der Waals surface area contributed by atoms with Gasteiger partial charge in [0.2, 0.25) is 11.8 Å². The summed E-state index contributed by atoms with van der Waals surface area (Å²) in [7, 11) is 0. The topological polar surface area (TPSA) is 112 Å². The van der Waals surface area contributed by atoms with Crippen molar-refractivity contribution >= 4 is 29.5 Å². The summed E-state index contributed by atoms with van der Waals surface area (Å²) >= 11 is 0. The summed E-state index contributed by atoms with van der Waals surface area (Å²) in [4.78, 5) is 59.3. The standard InChI is InChI=1S/C27H37N5O5/c1-8-31(23(33)18(6)29-26(36)37-17(4)5)21(13-16(2)3)24(34)32-15-27(14-22(32)28-7)19-11-9-10-12-20(19)30-25(27)35/h9-12,16-18,21-22H,8,13-15H2,1-6H3,(H,29,36)(H,30,35)/t18-,21-,22-,27-/m0/s1. The molecular formula is C27H37N5O5. The monoisotopic (exact) mass is 511 g/mol. The van der Waals surface area contributed by atoms with Crippen LogP contribution in [0.15, 0.2) is 24.3 Å². The molecule has 2 heterocycles. The minimum absolute atomic E-state index is 0.0661. The predicted octanol–water partition coefficient (Wildman–Crippen LogP) is 3.14. The number of carbonyl (C=O) groups is 4. The van der Waals surface area contributed by atoms with Crippen molar-refractivity contribution in [2.24, 2.45) is 5.92 Å². The Morgan fingerprint density at radius 2 is 1.92 bits per heavy atom. The maximum atomic E-state index is 14.0. The number of benzene rings is 1. The zero-order valence-corrected chi connectivity index (χ0v) is 22.4. The van der Waals surface area contributed by atoms with Crippen LogP contribution in [-0.2, 0) is 24.5 Å². The van der Waals surface area contributed by atoms with Gasteiger partial charge >= 0.3 is 12.3 Å². The summed E-state index contributed by atoms with van der Waals surface area (Å²) in [5.74, 6) is -0.929. The molecule has 2 aliphatic rings. The smallest absolute Gasteiger partial charge is 0.408 e. The van der Waals surface area contributed by atoms with E-state index in [2.05, 4.69) is 15.5 Å². The second kappa shape index (κ2) is 11.2. The minimum Gasteiger partial charge on any atom is -0.447 e. The van der Waals surface area contributed by atoms with Crippen LogP contribution in [0.1, 0.15) is 59.9 Å². The van der Waals surface area contributed by atoms with Crippen LogP contribution in [0.2, 0.25) is 0 Å². The molecule has 4 amide bonds. The van der Waals surface area contributed by atoms with E-state index >= 15 is 0 Å². The Labute approximate surface area is 218 Å².